The van der Waals surface area contributed by atoms with Crippen LogP contribution in [-0.4, -0.2) is 18.3 Å². The first kappa shape index (κ1) is 19.6. The first-order chi connectivity index (χ1) is 15.3. The summed E-state index contributed by atoms with van der Waals surface area (Å²) in [6, 6.07) is 27.4. The maximum atomic E-state index is 6.53. The van der Waals surface area contributed by atoms with E-state index in [0.29, 0.717) is 0 Å². The Morgan fingerprint density at radius 1 is 0.656 bits per heavy atom. The van der Waals surface area contributed by atoms with E-state index in [-0.39, 0.29) is 0 Å². The average Bonchev–Trinajstić information content (AvgIpc) is 3.27. The topological polar surface area (TPSA) is 31.6 Å². The lowest BCUT2D eigenvalue weighted by atomic mass is 9.75. The maximum Gasteiger partial charge on any atom is 0.499 e. The van der Waals surface area contributed by atoms with Crippen molar-refractivity contribution in [1.29, 1.82) is 0 Å². The standard InChI is InChI=1S/C28H25BO3/c1-27(2)28(3,4)32-29(31-27)25-24-22-12-8-7-10-19(22)15-16-23(24)30-26(25)21-14-13-18-9-5-6-11-20(18)17-21/h5-17H,1-4H3. The molecule has 1 aromatic heterocycles. The molecule has 4 heteroatoms. The molecular formula is C28H25BO3. The molecule has 0 bridgehead atoms. The maximum absolute atomic E-state index is 6.53. The lowest BCUT2D eigenvalue weighted by molar-refractivity contribution is 0.00578. The molecule has 1 aliphatic rings. The van der Waals surface area contributed by atoms with Gasteiger partial charge in [0.1, 0.15) is 11.3 Å². The summed E-state index contributed by atoms with van der Waals surface area (Å²) >= 11 is 0. The molecule has 158 valence electrons. The van der Waals surface area contributed by atoms with Crippen LogP contribution in [0.5, 0.6) is 0 Å². The normalized spacial score (nSPS) is 17.6. The zero-order valence-electron chi connectivity index (χ0n) is 18.8. The SMILES string of the molecule is CC1(C)OB(c2c(-c3ccc4ccccc4c3)oc3ccc4ccccc4c23)OC1(C)C. The molecule has 0 atom stereocenters. The van der Waals surface area contributed by atoms with Gasteiger partial charge in [-0.1, -0.05) is 66.7 Å². The van der Waals surface area contributed by atoms with Crippen LogP contribution in [0.2, 0.25) is 0 Å². The summed E-state index contributed by atoms with van der Waals surface area (Å²) in [7, 11) is -0.520. The van der Waals surface area contributed by atoms with Gasteiger partial charge in [0.25, 0.3) is 0 Å². The zero-order chi connectivity index (χ0) is 22.1. The quantitative estimate of drug-likeness (QED) is 0.298. The van der Waals surface area contributed by atoms with Crippen molar-refractivity contribution in [1.82, 2.24) is 0 Å². The molecule has 1 fully saturated rings. The molecule has 0 N–H and O–H groups in total. The highest BCUT2D eigenvalue weighted by molar-refractivity contribution is 6.67. The number of fused-ring (bicyclic) bond motifs is 4. The molecule has 0 spiro atoms. The second-order valence-electron chi connectivity index (χ2n) is 9.65. The molecule has 2 heterocycles. The third kappa shape index (κ3) is 2.83. The highest BCUT2D eigenvalue weighted by atomic mass is 16.7. The van der Waals surface area contributed by atoms with E-state index in [9.17, 15) is 0 Å². The van der Waals surface area contributed by atoms with Crippen molar-refractivity contribution >= 4 is 45.1 Å². The zero-order valence-corrected chi connectivity index (χ0v) is 18.8. The molecule has 32 heavy (non-hydrogen) atoms. The van der Waals surface area contributed by atoms with E-state index in [4.69, 9.17) is 13.7 Å². The van der Waals surface area contributed by atoms with Crippen LogP contribution in [0.15, 0.2) is 83.3 Å². The molecule has 1 saturated heterocycles. The van der Waals surface area contributed by atoms with Gasteiger partial charge in [0.05, 0.1) is 11.2 Å². The molecule has 0 radical (unpaired) electrons. The van der Waals surface area contributed by atoms with Crippen LogP contribution >= 0.6 is 0 Å². The van der Waals surface area contributed by atoms with Crippen molar-refractivity contribution in [3.63, 3.8) is 0 Å². The summed E-state index contributed by atoms with van der Waals surface area (Å²) in [5.74, 6) is 0.806. The Hall–Kier alpha value is -3.08. The van der Waals surface area contributed by atoms with Crippen molar-refractivity contribution in [3.8, 4) is 11.3 Å². The fourth-order valence-corrected chi connectivity index (χ4v) is 4.62. The molecule has 0 aliphatic carbocycles. The Kier molecular flexibility index (Phi) is 4.11. The lowest BCUT2D eigenvalue weighted by Gasteiger charge is -2.32. The van der Waals surface area contributed by atoms with Gasteiger partial charge in [-0.3, -0.25) is 0 Å². The minimum atomic E-state index is -0.520. The highest BCUT2D eigenvalue weighted by Crippen LogP contribution is 2.40. The Labute approximate surface area is 188 Å². The van der Waals surface area contributed by atoms with Gasteiger partial charge in [-0.25, -0.2) is 0 Å². The van der Waals surface area contributed by atoms with Gasteiger partial charge < -0.3 is 13.7 Å². The number of hydrogen-bond donors (Lipinski definition) is 0. The van der Waals surface area contributed by atoms with Crippen LogP contribution in [0.4, 0.5) is 0 Å². The summed E-state index contributed by atoms with van der Waals surface area (Å²) in [4.78, 5) is 0. The minimum Gasteiger partial charge on any atom is -0.456 e. The van der Waals surface area contributed by atoms with Gasteiger partial charge in [-0.15, -0.1) is 0 Å². The summed E-state index contributed by atoms with van der Waals surface area (Å²) in [5, 5.41) is 5.75. The predicted molar refractivity (Wildman–Crippen MR) is 132 cm³/mol. The van der Waals surface area contributed by atoms with Gasteiger partial charge in [-0.05, 0) is 61.4 Å². The molecular weight excluding hydrogens is 395 g/mol. The fraction of sp³-hybridized carbons (Fsp3) is 0.214. The van der Waals surface area contributed by atoms with Gasteiger partial charge >= 0.3 is 7.12 Å². The van der Waals surface area contributed by atoms with Gasteiger partial charge in [0.2, 0.25) is 0 Å². The van der Waals surface area contributed by atoms with Crippen molar-refractivity contribution in [2.24, 2.45) is 0 Å². The molecule has 1 aliphatic heterocycles. The van der Waals surface area contributed by atoms with Crippen molar-refractivity contribution < 1.29 is 13.7 Å². The first-order valence-corrected chi connectivity index (χ1v) is 11.1. The largest absolute Gasteiger partial charge is 0.499 e. The Balaban J connectivity index is 1.66. The lowest BCUT2D eigenvalue weighted by Crippen LogP contribution is -2.41. The predicted octanol–water partition coefficient (Wildman–Crippen LogP) is 6.71. The van der Waals surface area contributed by atoms with Crippen LogP contribution in [0.3, 0.4) is 0 Å². The third-order valence-corrected chi connectivity index (χ3v) is 7.12. The molecule has 4 aromatic carbocycles. The number of furan rings is 1. The van der Waals surface area contributed by atoms with Crippen LogP contribution in [0, 0.1) is 0 Å². The van der Waals surface area contributed by atoms with Gasteiger partial charge in [0, 0.05) is 16.4 Å². The number of hydrogen-bond acceptors (Lipinski definition) is 3. The smallest absolute Gasteiger partial charge is 0.456 e. The summed E-state index contributed by atoms with van der Waals surface area (Å²) in [6.45, 7) is 8.35. The molecule has 3 nitrogen and oxygen atoms in total. The molecule has 0 amide bonds. The van der Waals surface area contributed by atoms with Gasteiger partial charge in [-0.2, -0.15) is 0 Å². The Morgan fingerprint density at radius 2 is 1.28 bits per heavy atom. The number of rotatable bonds is 2. The molecule has 6 rings (SSSR count). The van der Waals surface area contributed by atoms with E-state index >= 15 is 0 Å². The van der Waals surface area contributed by atoms with Gasteiger partial charge in [0.15, 0.2) is 0 Å². The summed E-state index contributed by atoms with van der Waals surface area (Å²) in [6.07, 6.45) is 0. The number of benzene rings is 4. The highest BCUT2D eigenvalue weighted by Gasteiger charge is 2.53. The van der Waals surface area contributed by atoms with Crippen LogP contribution < -0.4 is 5.46 Å². The van der Waals surface area contributed by atoms with Crippen molar-refractivity contribution in [3.05, 3.63) is 78.9 Å². The van der Waals surface area contributed by atoms with E-state index in [1.807, 2.05) is 0 Å². The van der Waals surface area contributed by atoms with Crippen molar-refractivity contribution in [2.75, 3.05) is 0 Å². The second kappa shape index (κ2) is 6.71. The molecule has 5 aromatic rings. The van der Waals surface area contributed by atoms with Crippen LogP contribution in [-0.2, 0) is 9.31 Å². The van der Waals surface area contributed by atoms with E-state index in [1.165, 1.54) is 16.2 Å². The monoisotopic (exact) mass is 420 g/mol. The van der Waals surface area contributed by atoms with E-state index < -0.39 is 18.3 Å². The average molecular weight is 420 g/mol. The minimum absolute atomic E-state index is 0.438. The van der Waals surface area contributed by atoms with E-state index in [2.05, 4.69) is 107 Å². The van der Waals surface area contributed by atoms with E-state index in [0.717, 1.165) is 33.1 Å². The van der Waals surface area contributed by atoms with Crippen molar-refractivity contribution in [2.45, 2.75) is 38.9 Å². The Morgan fingerprint density at radius 3 is 2.03 bits per heavy atom. The second-order valence-corrected chi connectivity index (χ2v) is 9.65. The summed E-state index contributed by atoms with van der Waals surface area (Å²) in [5.41, 5.74) is 1.95. The Bertz CT molecular complexity index is 1480. The van der Waals surface area contributed by atoms with Crippen LogP contribution in [0.1, 0.15) is 27.7 Å². The molecule has 0 saturated carbocycles. The molecule has 0 unspecified atom stereocenters. The summed E-state index contributed by atoms with van der Waals surface area (Å²) < 4.78 is 19.6. The van der Waals surface area contributed by atoms with E-state index in [1.54, 1.807) is 0 Å². The third-order valence-electron chi connectivity index (χ3n) is 7.12. The van der Waals surface area contributed by atoms with Crippen LogP contribution in [0.25, 0.3) is 43.8 Å². The fourth-order valence-electron chi connectivity index (χ4n) is 4.62. The first-order valence-electron chi connectivity index (χ1n) is 11.1.